The maximum Gasteiger partial charge on any atom is 0.343 e. The highest BCUT2D eigenvalue weighted by Gasteiger charge is 2.22. The Hall–Kier alpha value is -2.62. The van der Waals surface area contributed by atoms with Gasteiger partial charge in [-0.15, -0.1) is 0 Å². The SMILES string of the molecule is CCCCCC1CCC(c2ccc(C(=O)Oc3ccc(OC(=O)CCCC)cc3)cc2)CC1. The van der Waals surface area contributed by atoms with Crippen LogP contribution in [0.3, 0.4) is 0 Å². The second-order valence-electron chi connectivity index (χ2n) is 9.27. The van der Waals surface area contributed by atoms with Crippen LogP contribution in [0.25, 0.3) is 0 Å². The van der Waals surface area contributed by atoms with Crippen LogP contribution in [0.1, 0.15) is 106 Å². The molecule has 0 atom stereocenters. The van der Waals surface area contributed by atoms with E-state index in [0.29, 0.717) is 29.4 Å². The molecule has 1 aliphatic rings. The maximum atomic E-state index is 12.5. The van der Waals surface area contributed by atoms with Gasteiger partial charge in [0.15, 0.2) is 0 Å². The zero-order valence-corrected chi connectivity index (χ0v) is 20.2. The van der Waals surface area contributed by atoms with Crippen LogP contribution in [0, 0.1) is 5.92 Å². The van der Waals surface area contributed by atoms with Crippen LogP contribution in [0.4, 0.5) is 0 Å². The first-order valence-corrected chi connectivity index (χ1v) is 12.7. The lowest BCUT2D eigenvalue weighted by molar-refractivity contribution is -0.134. The van der Waals surface area contributed by atoms with E-state index in [2.05, 4.69) is 19.1 Å². The molecule has 0 unspecified atom stereocenters. The monoisotopic (exact) mass is 450 g/mol. The third-order valence-corrected chi connectivity index (χ3v) is 6.68. The number of unbranched alkanes of at least 4 members (excludes halogenated alkanes) is 3. The summed E-state index contributed by atoms with van der Waals surface area (Å²) >= 11 is 0. The third-order valence-electron chi connectivity index (χ3n) is 6.68. The number of esters is 2. The number of carbonyl (C=O) groups excluding carboxylic acids is 2. The summed E-state index contributed by atoms with van der Waals surface area (Å²) in [6, 6.07) is 14.5. The third kappa shape index (κ3) is 8.03. The van der Waals surface area contributed by atoms with E-state index in [1.165, 1.54) is 56.9 Å². The Bertz CT molecular complexity index is 861. The summed E-state index contributed by atoms with van der Waals surface area (Å²) in [4.78, 5) is 24.3. The van der Waals surface area contributed by atoms with Gasteiger partial charge in [0.05, 0.1) is 5.56 Å². The van der Waals surface area contributed by atoms with Crippen molar-refractivity contribution in [1.82, 2.24) is 0 Å². The molecule has 3 rings (SSSR count). The van der Waals surface area contributed by atoms with E-state index >= 15 is 0 Å². The molecule has 0 aliphatic heterocycles. The van der Waals surface area contributed by atoms with E-state index in [4.69, 9.17) is 9.47 Å². The van der Waals surface area contributed by atoms with Crippen LogP contribution in [0.5, 0.6) is 11.5 Å². The van der Waals surface area contributed by atoms with Crippen molar-refractivity contribution in [2.45, 2.75) is 90.4 Å². The van der Waals surface area contributed by atoms with Gasteiger partial charge in [0.25, 0.3) is 0 Å². The van der Waals surface area contributed by atoms with Gasteiger partial charge in [-0.2, -0.15) is 0 Å². The predicted molar refractivity (Wildman–Crippen MR) is 132 cm³/mol. The minimum Gasteiger partial charge on any atom is -0.427 e. The van der Waals surface area contributed by atoms with Gasteiger partial charge >= 0.3 is 11.9 Å². The average molecular weight is 451 g/mol. The highest BCUT2D eigenvalue weighted by molar-refractivity contribution is 5.91. The molecule has 0 spiro atoms. The Labute approximate surface area is 198 Å². The first kappa shape index (κ1) is 25.0. The van der Waals surface area contributed by atoms with Crippen molar-refractivity contribution in [3.05, 3.63) is 59.7 Å². The van der Waals surface area contributed by atoms with Gasteiger partial charge in [-0.25, -0.2) is 4.79 Å². The Kier molecular flexibility index (Phi) is 9.99. The standard InChI is InChI=1S/C29H38O4/c1-3-5-7-8-22-10-12-23(13-11-22)24-14-16-25(17-15-24)29(31)33-27-20-18-26(19-21-27)32-28(30)9-6-4-2/h14-23H,3-13H2,1-2H3. The summed E-state index contributed by atoms with van der Waals surface area (Å²) in [6.45, 7) is 4.30. The fraction of sp³-hybridized carbons (Fsp3) is 0.517. The van der Waals surface area contributed by atoms with Crippen LogP contribution >= 0.6 is 0 Å². The number of carbonyl (C=O) groups is 2. The minimum atomic E-state index is -0.381. The van der Waals surface area contributed by atoms with E-state index in [-0.39, 0.29) is 11.9 Å². The minimum absolute atomic E-state index is 0.244. The smallest absolute Gasteiger partial charge is 0.343 e. The van der Waals surface area contributed by atoms with Gasteiger partial charge in [-0.1, -0.05) is 58.1 Å². The molecule has 33 heavy (non-hydrogen) atoms. The molecule has 0 amide bonds. The molecule has 0 radical (unpaired) electrons. The Morgan fingerprint density at radius 2 is 1.36 bits per heavy atom. The molecule has 1 aliphatic carbocycles. The summed E-state index contributed by atoms with van der Waals surface area (Å²) in [7, 11) is 0. The summed E-state index contributed by atoms with van der Waals surface area (Å²) in [5.41, 5.74) is 1.87. The second kappa shape index (κ2) is 13.2. The van der Waals surface area contributed by atoms with E-state index in [1.807, 2.05) is 19.1 Å². The first-order valence-electron chi connectivity index (χ1n) is 12.7. The van der Waals surface area contributed by atoms with Crippen molar-refractivity contribution in [1.29, 1.82) is 0 Å². The number of benzene rings is 2. The lowest BCUT2D eigenvalue weighted by atomic mass is 9.77. The largest absolute Gasteiger partial charge is 0.427 e. The fourth-order valence-corrected chi connectivity index (χ4v) is 4.60. The summed E-state index contributed by atoms with van der Waals surface area (Å²) in [5, 5.41) is 0. The fourth-order valence-electron chi connectivity index (χ4n) is 4.60. The van der Waals surface area contributed by atoms with Gasteiger partial charge in [-0.3, -0.25) is 4.79 Å². The molecule has 1 saturated carbocycles. The molecule has 0 aromatic heterocycles. The van der Waals surface area contributed by atoms with Crippen molar-refractivity contribution < 1.29 is 19.1 Å². The summed E-state index contributed by atoms with van der Waals surface area (Å²) < 4.78 is 10.8. The highest BCUT2D eigenvalue weighted by Crippen LogP contribution is 2.37. The molecule has 0 heterocycles. The summed E-state index contributed by atoms with van der Waals surface area (Å²) in [5.74, 6) is 1.76. The van der Waals surface area contributed by atoms with Gasteiger partial charge < -0.3 is 9.47 Å². The molecule has 4 heteroatoms. The normalized spacial score (nSPS) is 18.0. The van der Waals surface area contributed by atoms with Crippen molar-refractivity contribution in [3.63, 3.8) is 0 Å². The van der Waals surface area contributed by atoms with Crippen LogP contribution in [-0.2, 0) is 4.79 Å². The molecule has 2 aromatic rings. The molecule has 178 valence electrons. The quantitative estimate of drug-likeness (QED) is 0.199. The van der Waals surface area contributed by atoms with Crippen LogP contribution in [0.15, 0.2) is 48.5 Å². The lowest BCUT2D eigenvalue weighted by Crippen LogP contribution is -2.14. The Balaban J connectivity index is 1.47. The molecule has 0 saturated heterocycles. The Morgan fingerprint density at radius 3 is 1.97 bits per heavy atom. The van der Waals surface area contributed by atoms with E-state index in [9.17, 15) is 9.59 Å². The zero-order chi connectivity index (χ0) is 23.5. The van der Waals surface area contributed by atoms with Crippen molar-refractivity contribution in [2.24, 2.45) is 5.92 Å². The highest BCUT2D eigenvalue weighted by atomic mass is 16.5. The number of ether oxygens (including phenoxy) is 2. The first-order chi connectivity index (χ1) is 16.1. The van der Waals surface area contributed by atoms with Gasteiger partial charge in [0.1, 0.15) is 11.5 Å². The molecule has 0 bridgehead atoms. The molecular weight excluding hydrogens is 412 g/mol. The number of hydrogen-bond acceptors (Lipinski definition) is 4. The van der Waals surface area contributed by atoms with E-state index in [1.54, 1.807) is 24.3 Å². The maximum absolute atomic E-state index is 12.5. The Morgan fingerprint density at radius 1 is 0.758 bits per heavy atom. The molecule has 1 fully saturated rings. The van der Waals surface area contributed by atoms with E-state index in [0.717, 1.165) is 18.8 Å². The van der Waals surface area contributed by atoms with Crippen LogP contribution in [-0.4, -0.2) is 11.9 Å². The lowest BCUT2D eigenvalue weighted by Gasteiger charge is -2.29. The zero-order valence-electron chi connectivity index (χ0n) is 20.2. The van der Waals surface area contributed by atoms with Crippen LogP contribution in [0.2, 0.25) is 0 Å². The van der Waals surface area contributed by atoms with Crippen molar-refractivity contribution in [3.8, 4) is 11.5 Å². The molecular formula is C29H38O4. The number of rotatable bonds is 11. The van der Waals surface area contributed by atoms with E-state index < -0.39 is 0 Å². The average Bonchev–Trinajstić information content (AvgIpc) is 2.84. The van der Waals surface area contributed by atoms with Crippen LogP contribution < -0.4 is 9.47 Å². The van der Waals surface area contributed by atoms with Crippen molar-refractivity contribution >= 4 is 11.9 Å². The van der Waals surface area contributed by atoms with Gasteiger partial charge in [0, 0.05) is 6.42 Å². The summed E-state index contributed by atoms with van der Waals surface area (Å²) in [6.07, 6.45) is 12.7. The number of hydrogen-bond donors (Lipinski definition) is 0. The van der Waals surface area contributed by atoms with Crippen molar-refractivity contribution in [2.75, 3.05) is 0 Å². The second-order valence-corrected chi connectivity index (χ2v) is 9.27. The molecule has 0 N–H and O–H groups in total. The molecule has 2 aromatic carbocycles. The topological polar surface area (TPSA) is 52.6 Å². The predicted octanol–water partition coefficient (Wildman–Crippen LogP) is 7.86. The van der Waals surface area contributed by atoms with Gasteiger partial charge in [-0.05, 0) is 85.9 Å². The van der Waals surface area contributed by atoms with Gasteiger partial charge in [0.2, 0.25) is 0 Å². The molecule has 4 nitrogen and oxygen atoms in total.